The fourth-order valence-corrected chi connectivity index (χ4v) is 6.20. The number of hydrogen-bond donors (Lipinski definition) is 0. The highest BCUT2D eigenvalue weighted by atomic mass is 32.2. The summed E-state index contributed by atoms with van der Waals surface area (Å²) in [6, 6.07) is 5.82. The van der Waals surface area contributed by atoms with Crippen LogP contribution >= 0.6 is 11.3 Å². The van der Waals surface area contributed by atoms with Gasteiger partial charge in [0.25, 0.3) is 0 Å². The van der Waals surface area contributed by atoms with Gasteiger partial charge in [-0.1, -0.05) is 0 Å². The highest BCUT2D eigenvalue weighted by Gasteiger charge is 2.40. The van der Waals surface area contributed by atoms with Gasteiger partial charge in [0.2, 0.25) is 0 Å². The van der Waals surface area contributed by atoms with E-state index in [9.17, 15) is 8.42 Å². The SMILES string of the molecule is COc1ccc2nc(/C=C/c3cnn(C4(C)CCS(=O)(=O)C4)c3)sc2c1. The molecular formula is C18H19N3O3S2. The van der Waals surface area contributed by atoms with Gasteiger partial charge in [-0.15, -0.1) is 11.3 Å². The maximum Gasteiger partial charge on any atom is 0.152 e. The summed E-state index contributed by atoms with van der Waals surface area (Å²) < 4.78 is 31.7. The second kappa shape index (κ2) is 6.21. The van der Waals surface area contributed by atoms with Crippen LogP contribution in [-0.4, -0.2) is 41.8 Å². The topological polar surface area (TPSA) is 74.1 Å². The summed E-state index contributed by atoms with van der Waals surface area (Å²) in [4.78, 5) is 4.59. The van der Waals surface area contributed by atoms with Gasteiger partial charge >= 0.3 is 0 Å². The molecule has 0 bridgehead atoms. The Balaban J connectivity index is 1.56. The van der Waals surface area contributed by atoms with E-state index >= 15 is 0 Å². The van der Waals surface area contributed by atoms with Crippen LogP contribution in [0.2, 0.25) is 0 Å². The fourth-order valence-electron chi connectivity index (χ4n) is 3.18. The Morgan fingerprint density at radius 1 is 1.35 bits per heavy atom. The number of aromatic nitrogens is 3. The van der Waals surface area contributed by atoms with Gasteiger partial charge in [-0.05, 0) is 43.7 Å². The van der Waals surface area contributed by atoms with E-state index in [0.717, 1.165) is 26.5 Å². The first kappa shape index (κ1) is 17.2. The van der Waals surface area contributed by atoms with Crippen molar-refractivity contribution in [2.75, 3.05) is 18.6 Å². The monoisotopic (exact) mass is 389 g/mol. The molecule has 6 nitrogen and oxygen atoms in total. The number of rotatable bonds is 4. The minimum atomic E-state index is -2.97. The molecule has 1 unspecified atom stereocenters. The summed E-state index contributed by atoms with van der Waals surface area (Å²) in [5.74, 6) is 1.19. The van der Waals surface area contributed by atoms with Gasteiger partial charge < -0.3 is 4.74 Å². The predicted octanol–water partition coefficient (Wildman–Crippen LogP) is 3.21. The van der Waals surface area contributed by atoms with E-state index in [2.05, 4.69) is 10.1 Å². The first-order valence-corrected chi connectivity index (χ1v) is 10.9. The van der Waals surface area contributed by atoms with Crippen molar-refractivity contribution in [3.8, 4) is 5.75 Å². The van der Waals surface area contributed by atoms with Gasteiger partial charge in [0.15, 0.2) is 9.84 Å². The van der Waals surface area contributed by atoms with Crippen molar-refractivity contribution in [3.05, 3.63) is 41.2 Å². The van der Waals surface area contributed by atoms with Gasteiger partial charge in [0.05, 0.1) is 40.6 Å². The van der Waals surface area contributed by atoms with Crippen LogP contribution in [0.5, 0.6) is 5.75 Å². The third kappa shape index (κ3) is 3.26. The molecule has 26 heavy (non-hydrogen) atoms. The molecule has 1 aliphatic rings. The summed E-state index contributed by atoms with van der Waals surface area (Å²) >= 11 is 1.59. The van der Waals surface area contributed by atoms with Gasteiger partial charge in [-0.25, -0.2) is 13.4 Å². The second-order valence-corrected chi connectivity index (χ2v) is 10.0. The lowest BCUT2D eigenvalue weighted by Crippen LogP contribution is -2.31. The predicted molar refractivity (Wildman–Crippen MR) is 104 cm³/mol. The number of ether oxygens (including phenoxy) is 1. The third-order valence-electron chi connectivity index (χ3n) is 4.67. The standard InChI is InChI=1S/C18H19N3O3S2/c1-18(7-8-26(22,23)12-18)21-11-13(10-19-21)3-6-17-20-15-5-4-14(24-2)9-16(15)25-17/h3-6,9-11H,7-8,12H2,1-2H3/b6-3+. The third-order valence-corrected chi connectivity index (χ3v) is 7.54. The fraction of sp³-hybridized carbons (Fsp3) is 0.333. The molecular weight excluding hydrogens is 370 g/mol. The van der Waals surface area contributed by atoms with Crippen LogP contribution in [0.15, 0.2) is 30.6 Å². The molecule has 3 aromatic rings. The Morgan fingerprint density at radius 3 is 2.92 bits per heavy atom. The van der Waals surface area contributed by atoms with Crippen LogP contribution in [-0.2, 0) is 15.4 Å². The Morgan fingerprint density at radius 2 is 2.19 bits per heavy atom. The molecule has 8 heteroatoms. The van der Waals surface area contributed by atoms with Gasteiger partial charge in [0.1, 0.15) is 10.8 Å². The van der Waals surface area contributed by atoms with Crippen LogP contribution in [0, 0.1) is 0 Å². The molecule has 0 amide bonds. The van der Waals surface area contributed by atoms with Crippen molar-refractivity contribution in [2.45, 2.75) is 18.9 Å². The lowest BCUT2D eigenvalue weighted by atomic mass is 10.0. The van der Waals surface area contributed by atoms with E-state index in [1.807, 2.05) is 43.5 Å². The summed E-state index contributed by atoms with van der Waals surface area (Å²) in [6.45, 7) is 1.94. The Labute approximate surface area is 156 Å². The maximum atomic E-state index is 11.8. The van der Waals surface area contributed by atoms with E-state index in [4.69, 9.17) is 4.74 Å². The summed E-state index contributed by atoms with van der Waals surface area (Å²) in [7, 11) is -1.32. The Bertz CT molecular complexity index is 1100. The highest BCUT2D eigenvalue weighted by Crippen LogP contribution is 2.31. The van der Waals surface area contributed by atoms with E-state index in [1.54, 1.807) is 29.3 Å². The van der Waals surface area contributed by atoms with Gasteiger partial charge in [-0.3, -0.25) is 4.68 Å². The zero-order valence-electron chi connectivity index (χ0n) is 14.5. The van der Waals surface area contributed by atoms with Crippen molar-refractivity contribution in [2.24, 2.45) is 0 Å². The van der Waals surface area contributed by atoms with Crippen molar-refractivity contribution in [3.63, 3.8) is 0 Å². The Hall–Kier alpha value is -2.19. The number of hydrogen-bond acceptors (Lipinski definition) is 6. The minimum Gasteiger partial charge on any atom is -0.497 e. The number of benzene rings is 1. The molecule has 1 aromatic carbocycles. The lowest BCUT2D eigenvalue weighted by Gasteiger charge is -2.22. The molecule has 0 aliphatic carbocycles. The van der Waals surface area contributed by atoms with Gasteiger partial charge in [-0.2, -0.15) is 5.10 Å². The number of thiazole rings is 1. The maximum absolute atomic E-state index is 11.8. The van der Waals surface area contributed by atoms with E-state index in [0.29, 0.717) is 6.42 Å². The molecule has 4 rings (SSSR count). The molecule has 3 heterocycles. The van der Waals surface area contributed by atoms with E-state index in [-0.39, 0.29) is 11.5 Å². The summed E-state index contributed by atoms with van der Waals surface area (Å²) in [5.41, 5.74) is 1.40. The van der Waals surface area contributed by atoms with Crippen molar-refractivity contribution < 1.29 is 13.2 Å². The zero-order valence-corrected chi connectivity index (χ0v) is 16.2. The molecule has 2 aromatic heterocycles. The lowest BCUT2D eigenvalue weighted by molar-refractivity contribution is 0.328. The molecule has 1 atom stereocenters. The number of fused-ring (bicyclic) bond motifs is 1. The summed E-state index contributed by atoms with van der Waals surface area (Å²) in [6.07, 6.45) is 8.15. The van der Waals surface area contributed by atoms with Crippen molar-refractivity contribution in [1.29, 1.82) is 0 Å². The van der Waals surface area contributed by atoms with Crippen LogP contribution in [0.1, 0.15) is 23.9 Å². The smallest absolute Gasteiger partial charge is 0.152 e. The first-order chi connectivity index (χ1) is 12.4. The molecule has 0 N–H and O–H groups in total. The number of sulfone groups is 1. The number of methoxy groups -OCH3 is 1. The van der Waals surface area contributed by atoms with Gasteiger partial charge in [0, 0.05) is 11.8 Å². The average molecular weight is 390 g/mol. The van der Waals surface area contributed by atoms with Crippen LogP contribution in [0.25, 0.3) is 22.4 Å². The normalized spacial score (nSPS) is 22.4. The summed E-state index contributed by atoms with van der Waals surface area (Å²) in [5, 5.41) is 5.28. The van der Waals surface area contributed by atoms with Crippen LogP contribution in [0.4, 0.5) is 0 Å². The molecule has 0 saturated carbocycles. The molecule has 1 aliphatic heterocycles. The molecule has 136 valence electrons. The minimum absolute atomic E-state index is 0.143. The molecule has 1 saturated heterocycles. The molecule has 0 radical (unpaired) electrons. The second-order valence-electron chi connectivity index (χ2n) is 6.78. The van der Waals surface area contributed by atoms with Crippen LogP contribution in [0.3, 0.4) is 0 Å². The quantitative estimate of drug-likeness (QED) is 0.685. The average Bonchev–Trinajstić information content (AvgIpc) is 3.29. The first-order valence-electron chi connectivity index (χ1n) is 8.25. The van der Waals surface area contributed by atoms with Crippen molar-refractivity contribution >= 4 is 43.5 Å². The largest absolute Gasteiger partial charge is 0.497 e. The van der Waals surface area contributed by atoms with Crippen molar-refractivity contribution in [1.82, 2.24) is 14.8 Å². The van der Waals surface area contributed by atoms with Crippen LogP contribution < -0.4 is 4.74 Å². The molecule has 1 fully saturated rings. The highest BCUT2D eigenvalue weighted by molar-refractivity contribution is 7.91. The van der Waals surface area contributed by atoms with E-state index in [1.165, 1.54) is 0 Å². The zero-order chi connectivity index (χ0) is 18.4. The Kier molecular flexibility index (Phi) is 4.11. The number of nitrogens with zero attached hydrogens (tertiary/aromatic N) is 3. The van der Waals surface area contributed by atoms with E-state index < -0.39 is 15.4 Å². The molecule has 0 spiro atoms.